The normalized spacial score (nSPS) is 12.4. The molecule has 84 valence electrons. The van der Waals surface area contributed by atoms with Gasteiger partial charge in [0.2, 0.25) is 0 Å². The number of nitrogens with zero attached hydrogens (tertiary/aromatic N) is 2. The van der Waals surface area contributed by atoms with Crippen LogP contribution in [0.2, 0.25) is 0 Å². The van der Waals surface area contributed by atoms with E-state index in [9.17, 15) is 0 Å². The molecule has 4 N–H and O–H groups in total. The summed E-state index contributed by atoms with van der Waals surface area (Å²) in [6.07, 6.45) is 2.78. The van der Waals surface area contributed by atoms with Gasteiger partial charge in [0.15, 0.2) is 0 Å². The van der Waals surface area contributed by atoms with Gasteiger partial charge in [0.1, 0.15) is 5.84 Å². The van der Waals surface area contributed by atoms with Crippen LogP contribution in [0.25, 0.3) is 0 Å². The van der Waals surface area contributed by atoms with Gasteiger partial charge in [-0.3, -0.25) is 0 Å². The quantitative estimate of drug-likeness (QED) is 0.228. The molecule has 0 spiro atoms. The molecule has 0 bridgehead atoms. The van der Waals surface area contributed by atoms with Crippen molar-refractivity contribution in [1.82, 2.24) is 4.90 Å². The number of hydrogen-bond acceptors (Lipinski definition) is 4. The van der Waals surface area contributed by atoms with Crippen LogP contribution in [0.1, 0.15) is 26.2 Å². The van der Waals surface area contributed by atoms with Crippen LogP contribution in [0, 0.1) is 0 Å². The molecular formula is C9H21N3O2. The zero-order valence-corrected chi connectivity index (χ0v) is 8.82. The first-order valence-corrected chi connectivity index (χ1v) is 5.04. The van der Waals surface area contributed by atoms with Crippen molar-refractivity contribution < 1.29 is 10.3 Å². The zero-order valence-electron chi connectivity index (χ0n) is 8.82. The topological polar surface area (TPSA) is 82.1 Å². The number of aliphatic hydroxyl groups is 1. The highest BCUT2D eigenvalue weighted by Crippen LogP contribution is 1.96. The Morgan fingerprint density at radius 1 is 1.36 bits per heavy atom. The lowest BCUT2D eigenvalue weighted by Crippen LogP contribution is -2.31. The molecule has 5 nitrogen and oxygen atoms in total. The van der Waals surface area contributed by atoms with Crippen molar-refractivity contribution in [2.75, 3.05) is 26.2 Å². The second-order valence-corrected chi connectivity index (χ2v) is 3.26. The molecule has 0 radical (unpaired) electrons. The lowest BCUT2D eigenvalue weighted by atomic mass is 10.3. The molecule has 14 heavy (non-hydrogen) atoms. The Labute approximate surface area is 85.2 Å². The van der Waals surface area contributed by atoms with E-state index in [1.807, 2.05) is 0 Å². The van der Waals surface area contributed by atoms with Crippen LogP contribution >= 0.6 is 0 Å². The van der Waals surface area contributed by atoms with Crippen molar-refractivity contribution in [3.05, 3.63) is 0 Å². The number of hydrogen-bond donors (Lipinski definition) is 3. The van der Waals surface area contributed by atoms with E-state index in [-0.39, 0.29) is 12.4 Å². The fourth-order valence-corrected chi connectivity index (χ4v) is 1.18. The Morgan fingerprint density at radius 2 is 2.07 bits per heavy atom. The van der Waals surface area contributed by atoms with E-state index in [1.165, 1.54) is 0 Å². The maximum Gasteiger partial charge on any atom is 0.140 e. The van der Waals surface area contributed by atoms with E-state index in [1.54, 1.807) is 0 Å². The number of unbranched alkanes of at least 4 members (excludes halogenated alkanes) is 1. The molecule has 0 aliphatic carbocycles. The molecular weight excluding hydrogens is 182 g/mol. The van der Waals surface area contributed by atoms with Gasteiger partial charge in [0.25, 0.3) is 0 Å². The molecule has 0 aliphatic rings. The largest absolute Gasteiger partial charge is 0.409 e. The summed E-state index contributed by atoms with van der Waals surface area (Å²) in [4.78, 5) is 2.11. The number of amidine groups is 1. The van der Waals surface area contributed by atoms with Crippen molar-refractivity contribution >= 4 is 5.84 Å². The van der Waals surface area contributed by atoms with Gasteiger partial charge in [0.05, 0.1) is 6.61 Å². The molecule has 0 saturated carbocycles. The zero-order chi connectivity index (χ0) is 10.8. The lowest BCUT2D eigenvalue weighted by Gasteiger charge is -2.20. The Hall–Kier alpha value is -0.810. The molecule has 5 heteroatoms. The van der Waals surface area contributed by atoms with Crippen molar-refractivity contribution in [1.29, 1.82) is 0 Å². The van der Waals surface area contributed by atoms with Gasteiger partial charge in [-0.15, -0.1) is 0 Å². The van der Waals surface area contributed by atoms with Gasteiger partial charge >= 0.3 is 0 Å². The maximum atomic E-state index is 8.81. The van der Waals surface area contributed by atoms with Gasteiger partial charge in [-0.05, 0) is 13.0 Å². The standard InChI is InChI=1S/C9H21N3O2/c1-2-3-5-12(7-8-13)6-4-9(10)11-14/h13-14H,2-8H2,1H3,(H2,10,11). The molecule has 0 heterocycles. The first kappa shape index (κ1) is 13.2. The molecule has 0 aromatic carbocycles. The van der Waals surface area contributed by atoms with Gasteiger partial charge in [0, 0.05) is 19.5 Å². The Balaban J connectivity index is 3.71. The third-order valence-corrected chi connectivity index (χ3v) is 2.06. The minimum atomic E-state index is 0.153. The molecule has 0 aromatic rings. The summed E-state index contributed by atoms with van der Waals surface area (Å²) in [5.41, 5.74) is 5.36. The highest BCUT2D eigenvalue weighted by molar-refractivity contribution is 5.79. The Kier molecular flexibility index (Phi) is 8.27. The molecule has 0 fully saturated rings. The molecule has 0 unspecified atom stereocenters. The molecule has 0 saturated heterocycles. The summed E-state index contributed by atoms with van der Waals surface area (Å²) in [7, 11) is 0. The van der Waals surface area contributed by atoms with Crippen LogP contribution in [-0.4, -0.2) is 47.3 Å². The third kappa shape index (κ3) is 6.68. The number of aliphatic hydroxyl groups excluding tert-OH is 1. The summed E-state index contributed by atoms with van der Waals surface area (Å²) in [5.74, 6) is 0.240. The monoisotopic (exact) mass is 203 g/mol. The molecule has 0 amide bonds. The first-order chi connectivity index (χ1) is 6.74. The fourth-order valence-electron chi connectivity index (χ4n) is 1.18. The van der Waals surface area contributed by atoms with Crippen LogP contribution in [-0.2, 0) is 0 Å². The van der Waals surface area contributed by atoms with Gasteiger partial charge in [-0.25, -0.2) is 0 Å². The summed E-state index contributed by atoms with van der Waals surface area (Å²) in [6.45, 7) is 4.62. The Bertz CT molecular complexity index is 162. The fraction of sp³-hybridized carbons (Fsp3) is 0.889. The highest BCUT2D eigenvalue weighted by atomic mass is 16.4. The highest BCUT2D eigenvalue weighted by Gasteiger charge is 2.04. The van der Waals surface area contributed by atoms with Crippen LogP contribution < -0.4 is 5.73 Å². The molecule has 0 atom stereocenters. The van der Waals surface area contributed by atoms with E-state index in [2.05, 4.69) is 17.0 Å². The van der Waals surface area contributed by atoms with E-state index in [0.717, 1.165) is 25.9 Å². The van der Waals surface area contributed by atoms with Crippen molar-refractivity contribution in [2.45, 2.75) is 26.2 Å². The smallest absolute Gasteiger partial charge is 0.140 e. The SMILES string of the molecule is CCCCN(CCO)CCC(N)=NO. The predicted octanol–water partition coefficient (Wildman–Crippen LogP) is 0.217. The van der Waals surface area contributed by atoms with Crippen molar-refractivity contribution in [3.8, 4) is 0 Å². The average molecular weight is 203 g/mol. The summed E-state index contributed by atoms with van der Waals surface area (Å²) < 4.78 is 0. The molecule has 0 aromatic heterocycles. The van der Waals surface area contributed by atoms with E-state index >= 15 is 0 Å². The third-order valence-electron chi connectivity index (χ3n) is 2.06. The number of nitrogens with two attached hydrogens (primary N) is 1. The minimum Gasteiger partial charge on any atom is -0.409 e. The van der Waals surface area contributed by atoms with Crippen molar-refractivity contribution in [3.63, 3.8) is 0 Å². The van der Waals surface area contributed by atoms with Gasteiger partial charge in [-0.2, -0.15) is 0 Å². The maximum absolute atomic E-state index is 8.81. The second-order valence-electron chi connectivity index (χ2n) is 3.26. The van der Waals surface area contributed by atoms with E-state index in [4.69, 9.17) is 16.0 Å². The molecule has 0 aliphatic heterocycles. The number of rotatable bonds is 8. The summed E-state index contributed by atoms with van der Waals surface area (Å²) in [5, 5.41) is 20.1. The summed E-state index contributed by atoms with van der Waals surface area (Å²) >= 11 is 0. The van der Waals surface area contributed by atoms with Gasteiger partial charge in [-0.1, -0.05) is 18.5 Å². The van der Waals surface area contributed by atoms with Crippen LogP contribution in [0.15, 0.2) is 5.16 Å². The number of oxime groups is 1. The molecule has 0 rings (SSSR count). The van der Waals surface area contributed by atoms with E-state index < -0.39 is 0 Å². The predicted molar refractivity (Wildman–Crippen MR) is 56.5 cm³/mol. The van der Waals surface area contributed by atoms with Crippen LogP contribution in [0.3, 0.4) is 0 Å². The van der Waals surface area contributed by atoms with E-state index in [0.29, 0.717) is 13.0 Å². The minimum absolute atomic E-state index is 0.153. The van der Waals surface area contributed by atoms with Crippen LogP contribution in [0.4, 0.5) is 0 Å². The first-order valence-electron chi connectivity index (χ1n) is 5.04. The van der Waals surface area contributed by atoms with Crippen molar-refractivity contribution in [2.24, 2.45) is 10.9 Å². The van der Waals surface area contributed by atoms with Gasteiger partial charge < -0.3 is 20.9 Å². The van der Waals surface area contributed by atoms with Crippen LogP contribution in [0.5, 0.6) is 0 Å². The average Bonchev–Trinajstić information content (AvgIpc) is 2.21. The summed E-state index contributed by atoms with van der Waals surface area (Å²) in [6, 6.07) is 0. The lowest BCUT2D eigenvalue weighted by molar-refractivity contribution is 0.196. The Morgan fingerprint density at radius 3 is 2.57 bits per heavy atom. The second kappa shape index (κ2) is 8.77.